The topological polar surface area (TPSA) is 24.4 Å². The highest BCUT2D eigenvalue weighted by molar-refractivity contribution is 9.10. The molecule has 1 N–H and O–H groups in total. The number of anilines is 1. The van der Waals surface area contributed by atoms with Gasteiger partial charge in [0.2, 0.25) is 0 Å². The zero-order chi connectivity index (χ0) is 16.3. The van der Waals surface area contributed by atoms with Gasteiger partial charge < -0.3 is 0 Å². The Balaban J connectivity index is 2.28. The van der Waals surface area contributed by atoms with Gasteiger partial charge >= 0.3 is 6.18 Å². The molecular weight excluding hydrogens is 381 g/mol. The number of nitrogens with one attached hydrogen (secondary N) is 1. The van der Waals surface area contributed by atoms with E-state index in [1.807, 2.05) is 24.3 Å². The van der Waals surface area contributed by atoms with Gasteiger partial charge in [-0.2, -0.15) is 18.3 Å². The Morgan fingerprint density at radius 2 is 1.86 bits per heavy atom. The van der Waals surface area contributed by atoms with Gasteiger partial charge in [0.25, 0.3) is 0 Å². The minimum Gasteiger partial charge on any atom is -0.277 e. The van der Waals surface area contributed by atoms with Crippen LogP contribution in [0.25, 0.3) is 0 Å². The molecule has 7 heteroatoms. The molecule has 0 heterocycles. The van der Waals surface area contributed by atoms with Gasteiger partial charge in [-0.15, -0.1) is 0 Å². The van der Waals surface area contributed by atoms with E-state index in [9.17, 15) is 13.2 Å². The van der Waals surface area contributed by atoms with Crippen LogP contribution in [0.15, 0.2) is 52.0 Å². The van der Waals surface area contributed by atoms with Crippen molar-refractivity contribution in [1.29, 1.82) is 0 Å². The van der Waals surface area contributed by atoms with Gasteiger partial charge in [0.1, 0.15) is 0 Å². The smallest absolute Gasteiger partial charge is 0.277 e. The third kappa shape index (κ3) is 4.01. The van der Waals surface area contributed by atoms with Crippen molar-refractivity contribution in [3.8, 4) is 0 Å². The predicted molar refractivity (Wildman–Crippen MR) is 86.4 cm³/mol. The lowest BCUT2D eigenvalue weighted by Gasteiger charge is -2.11. The molecule has 0 aromatic heterocycles. The van der Waals surface area contributed by atoms with Gasteiger partial charge in [0.05, 0.1) is 22.0 Å². The zero-order valence-corrected chi connectivity index (χ0v) is 13.7. The Labute approximate surface area is 139 Å². The van der Waals surface area contributed by atoms with Crippen LogP contribution in [0.2, 0.25) is 5.02 Å². The van der Waals surface area contributed by atoms with Crippen LogP contribution >= 0.6 is 27.5 Å². The number of hydrogen-bond donors (Lipinski definition) is 1. The highest BCUT2D eigenvalue weighted by atomic mass is 79.9. The first-order valence-corrected chi connectivity index (χ1v) is 7.38. The molecule has 0 radical (unpaired) electrons. The SMILES string of the molecule is CC(=NNc1cc(C(F)(F)F)ccc1Cl)c1ccccc1Br. The molecule has 2 aromatic carbocycles. The second-order valence-corrected chi connectivity index (χ2v) is 5.74. The van der Waals surface area contributed by atoms with E-state index in [0.29, 0.717) is 5.71 Å². The predicted octanol–water partition coefficient (Wildman–Crippen LogP) is 5.96. The Kier molecular flexibility index (Phi) is 5.13. The first-order chi connectivity index (χ1) is 10.3. The molecule has 0 amide bonds. The fourth-order valence-electron chi connectivity index (χ4n) is 1.75. The van der Waals surface area contributed by atoms with Crippen LogP contribution in [-0.4, -0.2) is 5.71 Å². The van der Waals surface area contributed by atoms with E-state index < -0.39 is 11.7 Å². The molecule has 0 aliphatic heterocycles. The first kappa shape index (κ1) is 16.8. The number of rotatable bonds is 3. The molecular formula is C15H11BrClF3N2. The molecule has 22 heavy (non-hydrogen) atoms. The summed E-state index contributed by atoms with van der Waals surface area (Å²) in [4.78, 5) is 0. The maximum Gasteiger partial charge on any atom is 0.416 e. The van der Waals surface area contributed by atoms with Crippen molar-refractivity contribution < 1.29 is 13.2 Å². The highest BCUT2D eigenvalue weighted by Crippen LogP contribution is 2.33. The third-order valence-electron chi connectivity index (χ3n) is 2.90. The van der Waals surface area contributed by atoms with Crippen LogP contribution in [0.3, 0.4) is 0 Å². The highest BCUT2D eigenvalue weighted by Gasteiger charge is 2.30. The van der Waals surface area contributed by atoms with Gasteiger partial charge in [-0.3, -0.25) is 5.43 Å². The van der Waals surface area contributed by atoms with Gasteiger partial charge in [0, 0.05) is 10.0 Å². The van der Waals surface area contributed by atoms with Crippen LogP contribution in [0.1, 0.15) is 18.1 Å². The molecule has 0 fully saturated rings. The van der Waals surface area contributed by atoms with Crippen LogP contribution < -0.4 is 5.43 Å². The summed E-state index contributed by atoms with van der Waals surface area (Å²) in [5.41, 5.74) is 3.35. The van der Waals surface area contributed by atoms with Gasteiger partial charge in [-0.1, -0.05) is 45.7 Å². The lowest BCUT2D eigenvalue weighted by atomic mass is 10.1. The Morgan fingerprint density at radius 1 is 1.18 bits per heavy atom. The fraction of sp³-hybridized carbons (Fsp3) is 0.133. The van der Waals surface area contributed by atoms with E-state index in [2.05, 4.69) is 26.5 Å². The maximum absolute atomic E-state index is 12.7. The van der Waals surface area contributed by atoms with Crippen LogP contribution in [-0.2, 0) is 6.18 Å². The number of hydrogen-bond acceptors (Lipinski definition) is 2. The van der Waals surface area contributed by atoms with Gasteiger partial charge in [0.15, 0.2) is 0 Å². The van der Waals surface area contributed by atoms with Crippen LogP contribution in [0.4, 0.5) is 18.9 Å². The number of halogens is 5. The summed E-state index contributed by atoms with van der Waals surface area (Å²) in [6, 6.07) is 10.4. The van der Waals surface area contributed by atoms with E-state index in [1.165, 1.54) is 6.07 Å². The van der Waals surface area contributed by atoms with E-state index in [0.717, 1.165) is 22.2 Å². The third-order valence-corrected chi connectivity index (χ3v) is 3.92. The summed E-state index contributed by atoms with van der Waals surface area (Å²) in [6.45, 7) is 1.74. The van der Waals surface area contributed by atoms with Crippen molar-refractivity contribution in [2.24, 2.45) is 5.10 Å². The van der Waals surface area contributed by atoms with Crippen molar-refractivity contribution in [3.63, 3.8) is 0 Å². The molecule has 0 spiro atoms. The molecule has 2 nitrogen and oxygen atoms in total. The summed E-state index contributed by atoms with van der Waals surface area (Å²) in [5, 5.41) is 4.26. The second-order valence-electron chi connectivity index (χ2n) is 4.48. The molecule has 0 unspecified atom stereocenters. The zero-order valence-electron chi connectivity index (χ0n) is 11.4. The minimum atomic E-state index is -4.43. The average molecular weight is 392 g/mol. The van der Waals surface area contributed by atoms with Crippen molar-refractivity contribution in [2.75, 3.05) is 5.43 Å². The normalized spacial score (nSPS) is 12.4. The standard InChI is InChI=1S/C15H11BrClF3N2/c1-9(11-4-2-3-5-12(11)16)21-22-14-8-10(15(18,19)20)6-7-13(14)17/h2-8,22H,1H3. The summed E-state index contributed by atoms with van der Waals surface area (Å²) >= 11 is 9.29. The maximum atomic E-state index is 12.7. The van der Waals surface area contributed by atoms with E-state index in [-0.39, 0.29) is 10.7 Å². The average Bonchev–Trinajstić information content (AvgIpc) is 2.45. The molecule has 2 aromatic rings. The molecule has 0 aliphatic rings. The summed E-state index contributed by atoms with van der Waals surface area (Å²) in [7, 11) is 0. The lowest BCUT2D eigenvalue weighted by Crippen LogP contribution is -2.06. The lowest BCUT2D eigenvalue weighted by molar-refractivity contribution is -0.137. The van der Waals surface area contributed by atoms with Crippen LogP contribution in [0, 0.1) is 0 Å². The Hall–Kier alpha value is -1.53. The summed E-state index contributed by atoms with van der Waals surface area (Å²) < 4.78 is 39.0. The minimum absolute atomic E-state index is 0.0999. The molecule has 0 atom stereocenters. The molecule has 0 saturated carbocycles. The van der Waals surface area contributed by atoms with E-state index in [1.54, 1.807) is 6.92 Å². The molecule has 0 bridgehead atoms. The number of hydrazone groups is 1. The van der Waals surface area contributed by atoms with Gasteiger partial charge in [-0.25, -0.2) is 0 Å². The largest absolute Gasteiger partial charge is 0.416 e. The summed E-state index contributed by atoms with van der Waals surface area (Å²) in [6.07, 6.45) is -4.43. The van der Waals surface area contributed by atoms with Gasteiger partial charge in [-0.05, 0) is 31.2 Å². The number of alkyl halides is 3. The van der Waals surface area contributed by atoms with Crippen molar-refractivity contribution >= 4 is 38.9 Å². The molecule has 0 saturated heterocycles. The van der Waals surface area contributed by atoms with E-state index >= 15 is 0 Å². The van der Waals surface area contributed by atoms with Crippen molar-refractivity contribution in [2.45, 2.75) is 13.1 Å². The monoisotopic (exact) mass is 390 g/mol. The molecule has 2 rings (SSSR count). The van der Waals surface area contributed by atoms with Crippen LogP contribution in [0.5, 0.6) is 0 Å². The second kappa shape index (κ2) is 6.71. The molecule has 0 aliphatic carbocycles. The van der Waals surface area contributed by atoms with Crippen molar-refractivity contribution in [3.05, 3.63) is 63.1 Å². The summed E-state index contributed by atoms with van der Waals surface area (Å²) in [5.74, 6) is 0. The number of nitrogens with zero attached hydrogens (tertiary/aromatic N) is 1. The first-order valence-electron chi connectivity index (χ1n) is 6.21. The van der Waals surface area contributed by atoms with E-state index in [4.69, 9.17) is 11.6 Å². The van der Waals surface area contributed by atoms with Crippen molar-refractivity contribution in [1.82, 2.24) is 0 Å². The number of benzene rings is 2. The Morgan fingerprint density at radius 3 is 2.50 bits per heavy atom. The fourth-order valence-corrected chi connectivity index (χ4v) is 2.48. The Bertz CT molecular complexity index is 714. The quantitative estimate of drug-likeness (QED) is 0.507. The molecule has 116 valence electrons.